The molecule has 12 nitrogen and oxygen atoms in total. The molecule has 0 aliphatic heterocycles. The van der Waals surface area contributed by atoms with Crippen molar-refractivity contribution in [3.05, 3.63) is 23.9 Å². The molecule has 0 aliphatic rings. The van der Waals surface area contributed by atoms with Crippen LogP contribution < -0.4 is 15.5 Å². The Morgan fingerprint density at radius 3 is 2.22 bits per heavy atom. The van der Waals surface area contributed by atoms with Gasteiger partial charge >= 0.3 is 24.2 Å². The number of alkyl carbamates (subject to hydrolysis) is 2. The summed E-state index contributed by atoms with van der Waals surface area (Å²) in [7, 11) is 1.43. The predicted molar refractivity (Wildman–Crippen MR) is 136 cm³/mol. The highest BCUT2D eigenvalue weighted by molar-refractivity contribution is 6.20. The molecule has 0 spiro atoms. The number of ether oxygens (including phenoxy) is 4. The van der Waals surface area contributed by atoms with Gasteiger partial charge in [-0.25, -0.2) is 24.2 Å². The van der Waals surface area contributed by atoms with Crippen molar-refractivity contribution in [2.24, 2.45) is 0 Å². The van der Waals surface area contributed by atoms with Gasteiger partial charge in [-0.2, -0.15) is 0 Å². The molecule has 1 aromatic heterocycles. The molecule has 1 rings (SSSR count). The zero-order chi connectivity index (χ0) is 28.4. The number of aromatic nitrogens is 1. The lowest BCUT2D eigenvalue weighted by Crippen LogP contribution is -2.46. The fourth-order valence-corrected chi connectivity index (χ4v) is 2.81. The fraction of sp³-hybridized carbons (Fsp3) is 0.625. The molecule has 13 heteroatoms. The Labute approximate surface area is 222 Å². The van der Waals surface area contributed by atoms with E-state index in [9.17, 15) is 19.2 Å². The summed E-state index contributed by atoms with van der Waals surface area (Å²) in [5.74, 6) is -0.591. The summed E-state index contributed by atoms with van der Waals surface area (Å²) in [4.78, 5) is 54.6. The molecule has 37 heavy (non-hydrogen) atoms. The van der Waals surface area contributed by atoms with E-state index in [1.54, 1.807) is 53.7 Å². The maximum absolute atomic E-state index is 12.9. The second kappa shape index (κ2) is 13.9. The Balaban J connectivity index is 2.92. The van der Waals surface area contributed by atoms with Crippen LogP contribution in [0.1, 0.15) is 60.5 Å². The number of carbonyl (C=O) groups is 4. The number of amides is 3. The van der Waals surface area contributed by atoms with Gasteiger partial charge in [0.2, 0.25) is 0 Å². The van der Waals surface area contributed by atoms with Crippen LogP contribution >= 0.6 is 11.6 Å². The molecule has 0 radical (unpaired) electrons. The zero-order valence-electron chi connectivity index (χ0n) is 22.5. The molecule has 2 atom stereocenters. The van der Waals surface area contributed by atoms with Crippen molar-refractivity contribution in [2.45, 2.75) is 84.3 Å². The highest BCUT2D eigenvalue weighted by atomic mass is 35.5. The SMILES string of the molecule is CC(Cl)OC(=O)N(C)c1ncccc1COC(=O)[C@H](CCNC(=O)OC(C)(C)C)NC(=O)OC(C)(C)C. The summed E-state index contributed by atoms with van der Waals surface area (Å²) < 4.78 is 20.8. The van der Waals surface area contributed by atoms with Gasteiger partial charge in [-0.05, 0) is 61.0 Å². The van der Waals surface area contributed by atoms with Gasteiger partial charge in [0.1, 0.15) is 29.7 Å². The van der Waals surface area contributed by atoms with E-state index in [0.29, 0.717) is 5.56 Å². The standard InChI is InChI=1S/C24H37ClN4O8/c1-15(25)35-22(33)29(8)18-16(10-9-12-26-18)14-34-19(30)17(28-21(32)37-24(5,6)7)11-13-27-20(31)36-23(2,3)4/h9-10,12,15,17H,11,13-14H2,1-8H3,(H,27,31)(H,28,32)/t15?,17-/m0/s1. The lowest BCUT2D eigenvalue weighted by molar-refractivity contribution is -0.147. The van der Waals surface area contributed by atoms with E-state index in [1.165, 1.54) is 20.2 Å². The first kappa shape index (κ1) is 31.7. The highest BCUT2D eigenvalue weighted by Gasteiger charge is 2.27. The third-order valence-corrected chi connectivity index (χ3v) is 4.26. The number of hydrogen-bond acceptors (Lipinski definition) is 9. The van der Waals surface area contributed by atoms with E-state index in [2.05, 4.69) is 15.6 Å². The molecule has 1 heterocycles. The molecule has 0 fully saturated rings. The minimum Gasteiger partial charge on any atom is -0.459 e. The molecule has 208 valence electrons. The number of rotatable bonds is 9. The Morgan fingerprint density at radius 1 is 1.05 bits per heavy atom. The van der Waals surface area contributed by atoms with Crippen LogP contribution in [0.3, 0.4) is 0 Å². The normalized spacial score (nSPS) is 13.0. The minimum atomic E-state index is -1.15. The lowest BCUT2D eigenvalue weighted by atomic mass is 10.2. The van der Waals surface area contributed by atoms with Crippen LogP contribution in [0.25, 0.3) is 0 Å². The van der Waals surface area contributed by atoms with E-state index < -0.39 is 47.1 Å². The second-order valence-electron chi connectivity index (χ2n) is 10.00. The van der Waals surface area contributed by atoms with Crippen LogP contribution in [0.5, 0.6) is 0 Å². The number of alkyl halides is 1. The molecule has 2 N–H and O–H groups in total. The van der Waals surface area contributed by atoms with Crippen molar-refractivity contribution >= 4 is 41.7 Å². The van der Waals surface area contributed by atoms with Gasteiger partial charge in [-0.3, -0.25) is 4.90 Å². The summed E-state index contributed by atoms with van der Waals surface area (Å²) in [5, 5.41) is 5.00. The molecule has 0 bridgehead atoms. The van der Waals surface area contributed by atoms with Gasteiger partial charge in [-0.15, -0.1) is 0 Å². The van der Waals surface area contributed by atoms with Crippen molar-refractivity contribution in [3.8, 4) is 0 Å². The van der Waals surface area contributed by atoms with Crippen LogP contribution in [0, 0.1) is 0 Å². The first-order chi connectivity index (χ1) is 17.0. The molecular weight excluding hydrogens is 508 g/mol. The number of hydrogen-bond donors (Lipinski definition) is 2. The van der Waals surface area contributed by atoms with Crippen LogP contribution in [-0.2, 0) is 30.3 Å². The predicted octanol–water partition coefficient (Wildman–Crippen LogP) is 4.09. The maximum Gasteiger partial charge on any atom is 0.416 e. The van der Waals surface area contributed by atoms with Gasteiger partial charge in [0.15, 0.2) is 5.56 Å². The van der Waals surface area contributed by atoms with Crippen LogP contribution in [-0.4, -0.2) is 65.6 Å². The molecule has 1 unspecified atom stereocenters. The van der Waals surface area contributed by atoms with Crippen LogP contribution in [0.2, 0.25) is 0 Å². The number of esters is 1. The Bertz CT molecular complexity index is 943. The summed E-state index contributed by atoms with van der Waals surface area (Å²) in [6.45, 7) is 11.4. The lowest BCUT2D eigenvalue weighted by Gasteiger charge is -2.24. The summed E-state index contributed by atoms with van der Waals surface area (Å²) in [5.41, 5.74) is -1.94. The number of nitrogens with zero attached hydrogens (tertiary/aromatic N) is 2. The molecule has 0 aliphatic carbocycles. The highest BCUT2D eigenvalue weighted by Crippen LogP contribution is 2.19. The average Bonchev–Trinajstić information content (AvgIpc) is 2.73. The van der Waals surface area contributed by atoms with Crippen LogP contribution in [0.15, 0.2) is 18.3 Å². The van der Waals surface area contributed by atoms with Crippen molar-refractivity contribution in [1.82, 2.24) is 15.6 Å². The minimum absolute atomic E-state index is 0.00292. The third-order valence-electron chi connectivity index (χ3n) is 4.17. The van der Waals surface area contributed by atoms with Crippen molar-refractivity contribution in [2.75, 3.05) is 18.5 Å². The quantitative estimate of drug-likeness (QED) is 0.266. The zero-order valence-corrected chi connectivity index (χ0v) is 23.3. The molecule has 3 amide bonds. The number of nitrogens with one attached hydrogen (secondary N) is 2. The Kier molecular flexibility index (Phi) is 11.9. The first-order valence-corrected chi connectivity index (χ1v) is 12.1. The largest absolute Gasteiger partial charge is 0.459 e. The number of halogens is 1. The van der Waals surface area contributed by atoms with E-state index in [4.69, 9.17) is 30.5 Å². The van der Waals surface area contributed by atoms with E-state index >= 15 is 0 Å². The molecule has 1 aromatic rings. The van der Waals surface area contributed by atoms with Gasteiger partial charge < -0.3 is 29.6 Å². The van der Waals surface area contributed by atoms with Gasteiger partial charge in [0.25, 0.3) is 0 Å². The summed E-state index contributed by atoms with van der Waals surface area (Å²) in [6.07, 6.45) is -0.781. The van der Waals surface area contributed by atoms with Gasteiger partial charge in [0, 0.05) is 25.4 Å². The number of carbonyl (C=O) groups excluding carboxylic acids is 4. The molecular formula is C24H37ClN4O8. The second-order valence-corrected chi connectivity index (χ2v) is 10.6. The molecule has 0 saturated carbocycles. The van der Waals surface area contributed by atoms with Crippen LogP contribution in [0.4, 0.5) is 20.2 Å². The topological polar surface area (TPSA) is 145 Å². The summed E-state index contributed by atoms with van der Waals surface area (Å²) >= 11 is 5.72. The smallest absolute Gasteiger partial charge is 0.416 e. The number of pyridine rings is 1. The first-order valence-electron chi connectivity index (χ1n) is 11.6. The van der Waals surface area contributed by atoms with Crippen molar-refractivity contribution in [1.29, 1.82) is 0 Å². The average molecular weight is 545 g/mol. The maximum atomic E-state index is 12.9. The monoisotopic (exact) mass is 544 g/mol. The number of anilines is 1. The van der Waals surface area contributed by atoms with Crippen molar-refractivity contribution < 1.29 is 38.1 Å². The third kappa shape index (κ3) is 13.0. The van der Waals surface area contributed by atoms with E-state index in [1.807, 2.05) is 0 Å². The summed E-state index contributed by atoms with van der Waals surface area (Å²) in [6, 6.07) is 2.07. The molecule has 0 saturated heterocycles. The van der Waals surface area contributed by atoms with Gasteiger partial charge in [-0.1, -0.05) is 17.7 Å². The van der Waals surface area contributed by atoms with Crippen molar-refractivity contribution in [3.63, 3.8) is 0 Å². The van der Waals surface area contributed by atoms with E-state index in [-0.39, 0.29) is 25.4 Å². The fourth-order valence-electron chi connectivity index (χ4n) is 2.73. The van der Waals surface area contributed by atoms with E-state index in [0.717, 1.165) is 4.90 Å². The molecule has 0 aromatic carbocycles. The Hall–Kier alpha value is -3.28. The Morgan fingerprint density at radius 2 is 1.65 bits per heavy atom. The van der Waals surface area contributed by atoms with Gasteiger partial charge in [0.05, 0.1) is 0 Å².